The van der Waals surface area contributed by atoms with Crippen LogP contribution in [0, 0.1) is 6.92 Å². The Kier molecular flexibility index (Phi) is 7.40. The highest BCUT2D eigenvalue weighted by molar-refractivity contribution is 6.06. The number of benzene rings is 2. The summed E-state index contributed by atoms with van der Waals surface area (Å²) in [6.07, 6.45) is 8.77. The molecular weight excluding hydrogens is 360 g/mol. The molecular formula is C25H28N2O2. The molecule has 1 heterocycles. The van der Waals surface area contributed by atoms with Gasteiger partial charge in [0.2, 0.25) is 0 Å². The average Bonchev–Trinajstić information content (AvgIpc) is 2.73. The highest BCUT2D eigenvalue weighted by Crippen LogP contribution is 2.20. The van der Waals surface area contributed by atoms with E-state index in [1.54, 1.807) is 6.07 Å². The van der Waals surface area contributed by atoms with Crippen molar-refractivity contribution in [3.8, 4) is 5.75 Å². The van der Waals surface area contributed by atoms with E-state index in [4.69, 9.17) is 4.74 Å². The standard InChI is InChI=1S/C25H28N2O2/c1-3-4-5-6-7-8-16-29-23-11-9-10-22(18-23)27-25(28)21-14-15-24-20(17-21)13-12-19(2)26-24/h3-4,9-15,17-18H,5-8,16H2,1-2H3,(H,27,28). The molecule has 3 aromatic rings. The largest absolute Gasteiger partial charge is 0.494 e. The number of hydrogen-bond donors (Lipinski definition) is 1. The van der Waals surface area contributed by atoms with Crippen LogP contribution < -0.4 is 10.1 Å². The van der Waals surface area contributed by atoms with E-state index in [-0.39, 0.29) is 5.91 Å². The molecule has 4 nitrogen and oxygen atoms in total. The van der Waals surface area contributed by atoms with E-state index < -0.39 is 0 Å². The van der Waals surface area contributed by atoms with Gasteiger partial charge in [-0.2, -0.15) is 0 Å². The number of aryl methyl sites for hydroxylation is 1. The molecule has 3 rings (SSSR count). The third kappa shape index (κ3) is 6.18. The van der Waals surface area contributed by atoms with E-state index in [0.29, 0.717) is 12.2 Å². The van der Waals surface area contributed by atoms with E-state index in [1.165, 1.54) is 6.42 Å². The number of ether oxygens (including phenoxy) is 1. The van der Waals surface area contributed by atoms with Gasteiger partial charge in [-0.15, -0.1) is 0 Å². The lowest BCUT2D eigenvalue weighted by molar-refractivity contribution is 0.102. The molecule has 2 aromatic carbocycles. The lowest BCUT2D eigenvalue weighted by Gasteiger charge is -2.10. The maximum absolute atomic E-state index is 12.6. The summed E-state index contributed by atoms with van der Waals surface area (Å²) in [5, 5.41) is 3.91. The number of pyridine rings is 1. The SMILES string of the molecule is CC=CCCCCCOc1cccc(NC(=O)c2ccc3nc(C)ccc3c2)c1. The second-order valence-corrected chi connectivity index (χ2v) is 7.11. The summed E-state index contributed by atoms with van der Waals surface area (Å²) in [5.74, 6) is 0.628. The van der Waals surface area contributed by atoms with Crippen LogP contribution in [-0.4, -0.2) is 17.5 Å². The minimum Gasteiger partial charge on any atom is -0.494 e. The van der Waals surface area contributed by atoms with Crippen LogP contribution in [0.25, 0.3) is 10.9 Å². The lowest BCUT2D eigenvalue weighted by atomic mass is 10.1. The van der Waals surface area contributed by atoms with Gasteiger partial charge in [-0.25, -0.2) is 0 Å². The molecule has 1 aromatic heterocycles. The fourth-order valence-electron chi connectivity index (χ4n) is 3.13. The van der Waals surface area contributed by atoms with Gasteiger partial charge in [0.05, 0.1) is 12.1 Å². The minimum absolute atomic E-state index is 0.145. The Bertz CT molecular complexity index is 995. The van der Waals surface area contributed by atoms with E-state index in [0.717, 1.165) is 47.3 Å². The monoisotopic (exact) mass is 388 g/mol. The molecule has 0 aliphatic heterocycles. The fraction of sp³-hybridized carbons (Fsp3) is 0.280. The van der Waals surface area contributed by atoms with Crippen LogP contribution in [0.2, 0.25) is 0 Å². The van der Waals surface area contributed by atoms with Gasteiger partial charge in [-0.05, 0) is 75.9 Å². The maximum Gasteiger partial charge on any atom is 0.255 e. The van der Waals surface area contributed by atoms with E-state index >= 15 is 0 Å². The number of aromatic nitrogens is 1. The smallest absolute Gasteiger partial charge is 0.255 e. The summed E-state index contributed by atoms with van der Waals surface area (Å²) >= 11 is 0. The second kappa shape index (κ2) is 10.4. The van der Waals surface area contributed by atoms with Crippen LogP contribution in [0.3, 0.4) is 0 Å². The summed E-state index contributed by atoms with van der Waals surface area (Å²) in [4.78, 5) is 17.1. The number of rotatable bonds is 9. The van der Waals surface area contributed by atoms with E-state index in [9.17, 15) is 4.79 Å². The average molecular weight is 389 g/mol. The van der Waals surface area contributed by atoms with Crippen molar-refractivity contribution in [2.24, 2.45) is 0 Å². The Hall–Kier alpha value is -3.14. The molecule has 0 spiro atoms. The van der Waals surface area contributed by atoms with Crippen molar-refractivity contribution in [1.82, 2.24) is 4.98 Å². The summed E-state index contributed by atoms with van der Waals surface area (Å²) in [5.41, 5.74) is 3.19. The Morgan fingerprint density at radius 3 is 2.83 bits per heavy atom. The molecule has 29 heavy (non-hydrogen) atoms. The number of nitrogens with zero attached hydrogens (tertiary/aromatic N) is 1. The summed E-state index contributed by atoms with van der Waals surface area (Å²) in [6.45, 7) is 4.69. The maximum atomic E-state index is 12.6. The van der Waals surface area contributed by atoms with Crippen LogP contribution in [0.5, 0.6) is 5.75 Å². The summed E-state index contributed by atoms with van der Waals surface area (Å²) in [7, 11) is 0. The third-order valence-corrected chi connectivity index (χ3v) is 4.70. The number of nitrogens with one attached hydrogen (secondary N) is 1. The summed E-state index contributed by atoms with van der Waals surface area (Å²) < 4.78 is 5.83. The third-order valence-electron chi connectivity index (χ3n) is 4.70. The Balaban J connectivity index is 1.55. The number of carbonyl (C=O) groups is 1. The number of fused-ring (bicyclic) bond motifs is 1. The molecule has 0 saturated heterocycles. The van der Waals surface area contributed by atoms with Crippen molar-refractivity contribution in [3.05, 3.63) is 78.0 Å². The molecule has 0 fully saturated rings. The van der Waals surface area contributed by atoms with Crippen molar-refractivity contribution in [2.45, 2.75) is 39.5 Å². The zero-order valence-electron chi connectivity index (χ0n) is 17.2. The van der Waals surface area contributed by atoms with Crippen LogP contribution in [0.15, 0.2) is 66.7 Å². The summed E-state index contributed by atoms with van der Waals surface area (Å²) in [6, 6.07) is 17.0. The quantitative estimate of drug-likeness (QED) is 0.345. The first-order valence-electron chi connectivity index (χ1n) is 10.2. The first kappa shape index (κ1) is 20.6. The molecule has 0 saturated carbocycles. The topological polar surface area (TPSA) is 51.2 Å². The number of carbonyl (C=O) groups excluding carboxylic acids is 1. The highest BCUT2D eigenvalue weighted by atomic mass is 16.5. The van der Waals surface area contributed by atoms with Gasteiger partial charge in [0.1, 0.15) is 5.75 Å². The molecule has 0 radical (unpaired) electrons. The second-order valence-electron chi connectivity index (χ2n) is 7.11. The van der Waals surface area contributed by atoms with Crippen LogP contribution in [0.4, 0.5) is 5.69 Å². The van der Waals surface area contributed by atoms with Crippen molar-refractivity contribution in [2.75, 3.05) is 11.9 Å². The molecule has 1 N–H and O–H groups in total. The Morgan fingerprint density at radius 1 is 1.07 bits per heavy atom. The highest BCUT2D eigenvalue weighted by Gasteiger charge is 2.08. The number of hydrogen-bond acceptors (Lipinski definition) is 3. The molecule has 4 heteroatoms. The van der Waals surface area contributed by atoms with Gasteiger partial charge < -0.3 is 10.1 Å². The van der Waals surface area contributed by atoms with Crippen molar-refractivity contribution in [3.63, 3.8) is 0 Å². The van der Waals surface area contributed by atoms with E-state index in [2.05, 4.69) is 22.5 Å². The minimum atomic E-state index is -0.145. The predicted molar refractivity (Wildman–Crippen MR) is 120 cm³/mol. The molecule has 0 aliphatic carbocycles. The molecule has 0 bridgehead atoms. The van der Waals surface area contributed by atoms with Crippen LogP contribution in [-0.2, 0) is 0 Å². The zero-order valence-corrected chi connectivity index (χ0v) is 17.2. The molecule has 1 amide bonds. The van der Waals surface area contributed by atoms with Crippen molar-refractivity contribution < 1.29 is 9.53 Å². The van der Waals surface area contributed by atoms with Crippen LogP contribution in [0.1, 0.15) is 48.7 Å². The van der Waals surface area contributed by atoms with Crippen molar-refractivity contribution >= 4 is 22.5 Å². The first-order valence-corrected chi connectivity index (χ1v) is 10.2. The zero-order chi connectivity index (χ0) is 20.5. The molecule has 0 unspecified atom stereocenters. The molecule has 0 atom stereocenters. The Morgan fingerprint density at radius 2 is 1.97 bits per heavy atom. The Labute approximate surface area is 172 Å². The van der Waals surface area contributed by atoms with Gasteiger partial charge in [-0.3, -0.25) is 9.78 Å². The first-order chi connectivity index (χ1) is 14.2. The number of allylic oxidation sites excluding steroid dienone is 2. The molecule has 0 aliphatic rings. The fourth-order valence-corrected chi connectivity index (χ4v) is 3.13. The normalized spacial score (nSPS) is 11.1. The lowest BCUT2D eigenvalue weighted by Crippen LogP contribution is -2.12. The van der Waals surface area contributed by atoms with E-state index in [1.807, 2.05) is 62.4 Å². The van der Waals surface area contributed by atoms with Crippen LogP contribution >= 0.6 is 0 Å². The number of amides is 1. The molecule has 150 valence electrons. The van der Waals surface area contributed by atoms with Gasteiger partial charge in [0.25, 0.3) is 5.91 Å². The van der Waals surface area contributed by atoms with Gasteiger partial charge in [0.15, 0.2) is 0 Å². The predicted octanol–water partition coefficient (Wildman–Crippen LogP) is 6.31. The van der Waals surface area contributed by atoms with Gasteiger partial charge >= 0.3 is 0 Å². The number of unbranched alkanes of at least 4 members (excludes halogenated alkanes) is 3. The van der Waals surface area contributed by atoms with Crippen molar-refractivity contribution in [1.29, 1.82) is 0 Å². The number of anilines is 1. The van der Waals surface area contributed by atoms with Gasteiger partial charge in [-0.1, -0.05) is 24.3 Å². The van der Waals surface area contributed by atoms with Gasteiger partial charge in [0, 0.05) is 28.4 Å².